The number of hydrogen-bond acceptors (Lipinski definition) is 5. The van der Waals surface area contributed by atoms with E-state index < -0.39 is 11.4 Å². The van der Waals surface area contributed by atoms with Gasteiger partial charge >= 0.3 is 5.97 Å². The lowest BCUT2D eigenvalue weighted by Crippen LogP contribution is -2.35. The summed E-state index contributed by atoms with van der Waals surface area (Å²) in [6.07, 6.45) is 2.71. The van der Waals surface area contributed by atoms with E-state index in [0.717, 1.165) is 17.5 Å². The molecule has 0 aliphatic carbocycles. The van der Waals surface area contributed by atoms with E-state index in [9.17, 15) is 19.5 Å². The van der Waals surface area contributed by atoms with E-state index in [4.69, 9.17) is 9.84 Å². The third-order valence-electron chi connectivity index (χ3n) is 6.49. The maximum atomic E-state index is 12.6. The van der Waals surface area contributed by atoms with Crippen LogP contribution in [0.5, 0.6) is 5.75 Å². The molecule has 0 saturated carbocycles. The van der Waals surface area contributed by atoms with Gasteiger partial charge in [0.1, 0.15) is 23.4 Å². The number of benzene rings is 1. The summed E-state index contributed by atoms with van der Waals surface area (Å²) in [5, 5.41) is 18.1. The molecule has 2 N–H and O–H groups in total. The molecular weight excluding hydrogens is 424 g/mol. The standard InChI is InChI=1S/C24H26N4O5/c1-24(2,3)19-11-28-22(16-9-17(29)15(23(31)32)10-27(16)19)14-5-4-6-18(21(14)26-28)33-12-13-7-8-20(30)25-13/h4-6,9-10,13,19H,7-8,11-12H2,1-3H3,(H,25,30)(H,31,32)/t13-,19?/m0/s1. The van der Waals surface area contributed by atoms with E-state index >= 15 is 0 Å². The maximum Gasteiger partial charge on any atom is 0.341 e. The lowest BCUT2D eigenvalue weighted by Gasteiger charge is -2.38. The van der Waals surface area contributed by atoms with Gasteiger partial charge in [-0.2, -0.15) is 5.10 Å². The predicted molar refractivity (Wildman–Crippen MR) is 122 cm³/mol. The normalized spacial score (nSPS) is 19.8. The fourth-order valence-electron chi connectivity index (χ4n) is 4.74. The smallest absolute Gasteiger partial charge is 0.341 e. The molecule has 0 radical (unpaired) electrons. The lowest BCUT2D eigenvalue weighted by atomic mass is 9.85. The molecule has 1 fully saturated rings. The van der Waals surface area contributed by atoms with Gasteiger partial charge in [-0.05, 0) is 17.9 Å². The number of ether oxygens (including phenoxy) is 1. The Balaban J connectivity index is 1.63. The monoisotopic (exact) mass is 450 g/mol. The van der Waals surface area contributed by atoms with Gasteiger partial charge < -0.3 is 19.7 Å². The van der Waals surface area contributed by atoms with Crippen molar-refractivity contribution < 1.29 is 19.4 Å². The van der Waals surface area contributed by atoms with Crippen molar-refractivity contribution in [2.45, 2.75) is 52.2 Å². The Morgan fingerprint density at radius 1 is 1.30 bits per heavy atom. The molecule has 0 bridgehead atoms. The highest BCUT2D eigenvalue weighted by atomic mass is 16.5. The highest BCUT2D eigenvalue weighted by Gasteiger charge is 2.35. The first-order valence-electron chi connectivity index (χ1n) is 11.0. The third kappa shape index (κ3) is 3.57. The molecule has 1 aromatic carbocycles. The molecular formula is C24H26N4O5. The minimum atomic E-state index is -1.23. The van der Waals surface area contributed by atoms with Crippen molar-refractivity contribution in [2.75, 3.05) is 6.61 Å². The van der Waals surface area contributed by atoms with Crippen LogP contribution in [0.2, 0.25) is 0 Å². The zero-order valence-corrected chi connectivity index (χ0v) is 18.8. The molecule has 9 heteroatoms. The number of pyridine rings is 1. The van der Waals surface area contributed by atoms with Gasteiger partial charge in [0, 0.05) is 24.1 Å². The molecule has 2 aliphatic heterocycles. The maximum absolute atomic E-state index is 12.6. The Kier molecular flexibility index (Phi) is 4.81. The second kappa shape index (κ2) is 7.47. The molecule has 9 nitrogen and oxygen atoms in total. The van der Waals surface area contributed by atoms with E-state index in [0.29, 0.717) is 36.5 Å². The Morgan fingerprint density at radius 3 is 2.76 bits per heavy atom. The van der Waals surface area contributed by atoms with Crippen LogP contribution in [0, 0.1) is 5.41 Å². The quantitative estimate of drug-likeness (QED) is 0.632. The van der Waals surface area contributed by atoms with Crippen LogP contribution in [0.1, 0.15) is 50.0 Å². The van der Waals surface area contributed by atoms with Crippen LogP contribution in [0.3, 0.4) is 0 Å². The molecule has 33 heavy (non-hydrogen) atoms. The SMILES string of the molecule is CC(C)(C)C1Cn2nc3c(OC[C@@H]4CCC(=O)N4)cccc3c2-c2cc(=O)c(C(=O)O)cn21. The summed E-state index contributed by atoms with van der Waals surface area (Å²) < 4.78 is 9.84. The molecule has 1 amide bonds. The van der Waals surface area contributed by atoms with Crippen molar-refractivity contribution in [2.24, 2.45) is 5.41 Å². The zero-order valence-electron chi connectivity index (χ0n) is 18.8. The van der Waals surface area contributed by atoms with Crippen LogP contribution in [0.15, 0.2) is 35.3 Å². The summed E-state index contributed by atoms with van der Waals surface area (Å²) in [5.74, 6) is -0.587. The Hall–Kier alpha value is -3.62. The zero-order chi connectivity index (χ0) is 23.5. The van der Waals surface area contributed by atoms with Gasteiger partial charge in [-0.3, -0.25) is 14.3 Å². The molecule has 1 saturated heterocycles. The average Bonchev–Trinajstić information content (AvgIpc) is 3.33. The van der Waals surface area contributed by atoms with Gasteiger partial charge in [0.2, 0.25) is 5.91 Å². The number of nitrogens with zero attached hydrogens (tertiary/aromatic N) is 3. The number of rotatable bonds is 4. The first-order chi connectivity index (χ1) is 15.6. The Morgan fingerprint density at radius 2 is 2.09 bits per heavy atom. The predicted octanol–water partition coefficient (Wildman–Crippen LogP) is 2.82. The van der Waals surface area contributed by atoms with Crippen LogP contribution in [0.25, 0.3) is 22.3 Å². The second-order valence-electron chi connectivity index (χ2n) is 9.83. The van der Waals surface area contributed by atoms with E-state index in [2.05, 4.69) is 26.1 Å². The number of hydrogen-bond donors (Lipinski definition) is 2. The van der Waals surface area contributed by atoms with Gasteiger partial charge in [0.15, 0.2) is 5.43 Å². The molecule has 3 aromatic rings. The van der Waals surface area contributed by atoms with Gasteiger partial charge in [0.25, 0.3) is 0 Å². The van der Waals surface area contributed by atoms with E-state index in [1.807, 2.05) is 27.4 Å². The number of aromatic carboxylic acids is 1. The van der Waals surface area contributed by atoms with Crippen LogP contribution in [0.4, 0.5) is 0 Å². The number of amides is 1. The van der Waals surface area contributed by atoms with Crippen LogP contribution in [-0.2, 0) is 11.3 Å². The summed E-state index contributed by atoms with van der Waals surface area (Å²) in [7, 11) is 0. The Labute approximate surface area is 190 Å². The highest BCUT2D eigenvalue weighted by molar-refractivity contribution is 5.96. The van der Waals surface area contributed by atoms with Gasteiger partial charge in [0.05, 0.1) is 30.0 Å². The van der Waals surface area contributed by atoms with Crippen molar-refractivity contribution >= 4 is 22.8 Å². The van der Waals surface area contributed by atoms with Crippen LogP contribution < -0.4 is 15.5 Å². The van der Waals surface area contributed by atoms with E-state index in [-0.39, 0.29) is 29.0 Å². The van der Waals surface area contributed by atoms with Crippen molar-refractivity contribution in [3.63, 3.8) is 0 Å². The largest absolute Gasteiger partial charge is 0.489 e. The number of nitrogens with one attached hydrogen (secondary N) is 1. The molecule has 2 aliphatic rings. The lowest BCUT2D eigenvalue weighted by molar-refractivity contribution is -0.119. The summed E-state index contributed by atoms with van der Waals surface area (Å²) in [5.41, 5.74) is 1.09. The summed E-state index contributed by atoms with van der Waals surface area (Å²) >= 11 is 0. The third-order valence-corrected chi connectivity index (χ3v) is 6.49. The molecule has 2 aromatic heterocycles. The minimum absolute atomic E-state index is 0.0241. The fraction of sp³-hybridized carbons (Fsp3) is 0.417. The first-order valence-corrected chi connectivity index (χ1v) is 11.0. The topological polar surface area (TPSA) is 115 Å². The molecule has 172 valence electrons. The van der Waals surface area contributed by atoms with Crippen molar-refractivity contribution in [1.29, 1.82) is 0 Å². The molecule has 5 rings (SSSR count). The number of carbonyl (C=O) groups is 2. The summed E-state index contributed by atoms with van der Waals surface area (Å²) in [6.45, 7) is 7.13. The molecule has 1 unspecified atom stereocenters. The number of carboxylic acid groups (broad SMARTS) is 1. The van der Waals surface area contributed by atoms with Crippen molar-refractivity contribution in [3.05, 3.63) is 46.2 Å². The van der Waals surface area contributed by atoms with Crippen molar-refractivity contribution in [1.82, 2.24) is 19.7 Å². The summed E-state index contributed by atoms with van der Waals surface area (Å²) in [4.78, 5) is 35.7. The molecule has 2 atom stereocenters. The number of fused-ring (bicyclic) bond motifs is 5. The highest BCUT2D eigenvalue weighted by Crippen LogP contribution is 2.43. The van der Waals surface area contributed by atoms with E-state index in [1.54, 1.807) is 0 Å². The fourth-order valence-corrected chi connectivity index (χ4v) is 4.74. The molecule has 4 heterocycles. The summed E-state index contributed by atoms with van der Waals surface area (Å²) in [6, 6.07) is 6.92. The van der Waals surface area contributed by atoms with Gasteiger partial charge in [-0.25, -0.2) is 4.79 Å². The second-order valence-corrected chi connectivity index (χ2v) is 9.83. The first kappa shape index (κ1) is 21.2. The number of carboxylic acids is 1. The van der Waals surface area contributed by atoms with Crippen LogP contribution in [-0.4, -0.2) is 44.0 Å². The number of carbonyl (C=O) groups excluding carboxylic acids is 1. The van der Waals surface area contributed by atoms with Gasteiger partial charge in [-0.15, -0.1) is 0 Å². The average molecular weight is 450 g/mol. The minimum Gasteiger partial charge on any atom is -0.489 e. The number of aromatic nitrogens is 3. The Bertz CT molecular complexity index is 1350. The molecule has 0 spiro atoms. The van der Waals surface area contributed by atoms with E-state index in [1.165, 1.54) is 12.3 Å². The van der Waals surface area contributed by atoms with Crippen molar-refractivity contribution in [3.8, 4) is 17.1 Å². The van der Waals surface area contributed by atoms with Crippen LogP contribution >= 0.6 is 0 Å². The van der Waals surface area contributed by atoms with Gasteiger partial charge in [-0.1, -0.05) is 32.9 Å².